The first-order valence-corrected chi connectivity index (χ1v) is 6.75. The van der Waals surface area contributed by atoms with Gasteiger partial charge in [-0.25, -0.2) is 0 Å². The van der Waals surface area contributed by atoms with E-state index in [0.29, 0.717) is 31.3 Å². The summed E-state index contributed by atoms with van der Waals surface area (Å²) in [6, 6.07) is 7.47. The molecule has 0 saturated heterocycles. The maximum absolute atomic E-state index is 11.7. The van der Waals surface area contributed by atoms with Crippen molar-refractivity contribution >= 4 is 29.1 Å². The molecule has 0 fully saturated rings. The van der Waals surface area contributed by atoms with E-state index in [4.69, 9.17) is 27.9 Å². The van der Waals surface area contributed by atoms with Crippen molar-refractivity contribution in [2.75, 3.05) is 25.6 Å². The normalized spacial score (nSPS) is 10.4. The number of hydrogen-bond donors (Lipinski definition) is 0. The van der Waals surface area contributed by atoms with Crippen molar-refractivity contribution in [3.63, 3.8) is 0 Å². The van der Waals surface area contributed by atoms with Crippen molar-refractivity contribution in [3.8, 4) is 0 Å². The van der Waals surface area contributed by atoms with Gasteiger partial charge in [0.2, 0.25) is 5.91 Å². The lowest BCUT2D eigenvalue weighted by Gasteiger charge is -2.22. The van der Waals surface area contributed by atoms with Gasteiger partial charge in [-0.05, 0) is 18.6 Å². The molecule has 0 atom stereocenters. The summed E-state index contributed by atoms with van der Waals surface area (Å²) in [5.74, 6) is -0.146. The molecule has 3 nitrogen and oxygen atoms in total. The van der Waals surface area contributed by atoms with Gasteiger partial charge in [-0.3, -0.25) is 4.79 Å². The lowest BCUT2D eigenvalue weighted by molar-refractivity contribution is -0.129. The Morgan fingerprint density at radius 1 is 1.39 bits per heavy atom. The number of hydrogen-bond acceptors (Lipinski definition) is 2. The smallest absolute Gasteiger partial charge is 0.237 e. The summed E-state index contributed by atoms with van der Waals surface area (Å²) in [7, 11) is 0. The lowest BCUT2D eigenvalue weighted by atomic mass is 10.2. The molecule has 0 bridgehead atoms. The Hall–Kier alpha value is -0.770. The molecule has 1 amide bonds. The number of nitrogens with zero attached hydrogens (tertiary/aromatic N) is 1. The molecule has 0 heterocycles. The summed E-state index contributed by atoms with van der Waals surface area (Å²) in [6.45, 7) is 4.03. The second-order valence-electron chi connectivity index (χ2n) is 3.74. The fraction of sp³-hybridized carbons (Fsp3) is 0.462. The van der Waals surface area contributed by atoms with Gasteiger partial charge >= 0.3 is 0 Å². The molecular weight excluding hydrogens is 273 g/mol. The Bertz CT molecular complexity index is 385. The fourth-order valence-corrected chi connectivity index (χ4v) is 1.89. The van der Waals surface area contributed by atoms with Crippen LogP contribution in [-0.4, -0.2) is 36.4 Å². The molecule has 0 saturated carbocycles. The van der Waals surface area contributed by atoms with Crippen molar-refractivity contribution in [2.24, 2.45) is 0 Å². The molecule has 100 valence electrons. The minimum absolute atomic E-state index is 0.0312. The van der Waals surface area contributed by atoms with E-state index in [1.54, 1.807) is 4.90 Å². The van der Waals surface area contributed by atoms with E-state index in [1.165, 1.54) is 0 Å². The minimum atomic E-state index is -0.115. The highest BCUT2D eigenvalue weighted by molar-refractivity contribution is 6.31. The van der Waals surface area contributed by atoms with Crippen LogP contribution in [0.5, 0.6) is 0 Å². The first kappa shape index (κ1) is 15.3. The van der Waals surface area contributed by atoms with Gasteiger partial charge in [0.25, 0.3) is 0 Å². The Kier molecular flexibility index (Phi) is 7.09. The lowest BCUT2D eigenvalue weighted by Crippen LogP contribution is -2.34. The van der Waals surface area contributed by atoms with Gasteiger partial charge in [-0.15, -0.1) is 11.6 Å². The second-order valence-corrected chi connectivity index (χ2v) is 4.41. The zero-order valence-electron chi connectivity index (χ0n) is 10.4. The third-order valence-corrected chi connectivity index (χ3v) is 3.09. The average Bonchev–Trinajstić information content (AvgIpc) is 2.39. The Balaban J connectivity index is 2.66. The van der Waals surface area contributed by atoms with E-state index in [2.05, 4.69) is 0 Å². The highest BCUT2D eigenvalue weighted by Crippen LogP contribution is 2.17. The van der Waals surface area contributed by atoms with Crippen molar-refractivity contribution in [1.29, 1.82) is 0 Å². The van der Waals surface area contributed by atoms with Gasteiger partial charge in [0, 0.05) is 24.7 Å². The third kappa shape index (κ3) is 4.84. The highest BCUT2D eigenvalue weighted by Gasteiger charge is 2.13. The summed E-state index contributed by atoms with van der Waals surface area (Å²) in [5, 5.41) is 0.654. The largest absolute Gasteiger partial charge is 0.380 e. The molecule has 1 aromatic carbocycles. The van der Waals surface area contributed by atoms with Crippen LogP contribution in [-0.2, 0) is 16.1 Å². The molecule has 1 aromatic rings. The Morgan fingerprint density at radius 2 is 2.11 bits per heavy atom. The number of rotatable bonds is 7. The van der Waals surface area contributed by atoms with E-state index in [9.17, 15) is 4.79 Å². The van der Waals surface area contributed by atoms with Crippen LogP contribution in [0.15, 0.2) is 24.3 Å². The fourth-order valence-electron chi connectivity index (χ4n) is 1.53. The zero-order valence-corrected chi connectivity index (χ0v) is 11.9. The standard InChI is InChI=1S/C13H17Cl2NO2/c1-2-18-8-7-16(13(17)9-14)10-11-5-3-4-6-12(11)15/h3-6H,2,7-10H2,1H3. The van der Waals surface area contributed by atoms with Gasteiger partial charge in [0.05, 0.1) is 6.61 Å². The minimum Gasteiger partial charge on any atom is -0.380 e. The maximum Gasteiger partial charge on any atom is 0.237 e. The predicted octanol–water partition coefficient (Wildman–Crippen LogP) is 2.94. The average molecular weight is 290 g/mol. The summed E-state index contributed by atoms with van der Waals surface area (Å²) in [6.07, 6.45) is 0. The third-order valence-electron chi connectivity index (χ3n) is 2.50. The topological polar surface area (TPSA) is 29.5 Å². The van der Waals surface area contributed by atoms with Crippen LogP contribution in [0.3, 0.4) is 0 Å². The van der Waals surface area contributed by atoms with Crippen LogP contribution in [0.1, 0.15) is 12.5 Å². The molecule has 0 spiro atoms. The Labute approximate surface area is 118 Å². The van der Waals surface area contributed by atoms with Crippen LogP contribution in [0.2, 0.25) is 5.02 Å². The van der Waals surface area contributed by atoms with Gasteiger partial charge in [-0.2, -0.15) is 0 Å². The quantitative estimate of drug-likeness (QED) is 0.571. The molecule has 5 heteroatoms. The monoisotopic (exact) mass is 289 g/mol. The highest BCUT2D eigenvalue weighted by atomic mass is 35.5. The Morgan fingerprint density at radius 3 is 2.72 bits per heavy atom. The summed E-state index contributed by atoms with van der Waals surface area (Å²) in [4.78, 5) is 13.4. The van der Waals surface area contributed by atoms with Crippen LogP contribution >= 0.6 is 23.2 Å². The molecule has 0 radical (unpaired) electrons. The molecular formula is C13H17Cl2NO2. The molecule has 0 N–H and O–H groups in total. The van der Waals surface area contributed by atoms with E-state index in [-0.39, 0.29) is 11.8 Å². The molecule has 0 aliphatic rings. The SMILES string of the molecule is CCOCCN(Cc1ccccc1Cl)C(=O)CCl. The van der Waals surface area contributed by atoms with Crippen molar-refractivity contribution in [2.45, 2.75) is 13.5 Å². The van der Waals surface area contributed by atoms with E-state index >= 15 is 0 Å². The maximum atomic E-state index is 11.7. The first-order chi connectivity index (χ1) is 8.69. The van der Waals surface area contributed by atoms with Crippen LogP contribution in [0.4, 0.5) is 0 Å². The molecule has 0 aliphatic heterocycles. The predicted molar refractivity (Wildman–Crippen MR) is 74.1 cm³/mol. The second kappa shape index (κ2) is 8.35. The molecule has 18 heavy (non-hydrogen) atoms. The number of carbonyl (C=O) groups is 1. The van der Waals surface area contributed by atoms with Crippen LogP contribution in [0, 0.1) is 0 Å². The zero-order chi connectivity index (χ0) is 13.4. The van der Waals surface area contributed by atoms with Gasteiger partial charge in [0.1, 0.15) is 5.88 Å². The van der Waals surface area contributed by atoms with Crippen LogP contribution in [0.25, 0.3) is 0 Å². The first-order valence-electron chi connectivity index (χ1n) is 5.84. The van der Waals surface area contributed by atoms with Gasteiger partial charge < -0.3 is 9.64 Å². The van der Waals surface area contributed by atoms with Crippen molar-refractivity contribution < 1.29 is 9.53 Å². The number of halogens is 2. The van der Waals surface area contributed by atoms with Gasteiger partial charge in [0.15, 0.2) is 0 Å². The number of benzene rings is 1. The summed E-state index contributed by atoms with van der Waals surface area (Å²) in [5.41, 5.74) is 0.911. The van der Waals surface area contributed by atoms with E-state index in [0.717, 1.165) is 5.56 Å². The summed E-state index contributed by atoms with van der Waals surface area (Å²) < 4.78 is 5.26. The molecule has 0 aliphatic carbocycles. The van der Waals surface area contributed by atoms with Crippen molar-refractivity contribution in [1.82, 2.24) is 4.90 Å². The van der Waals surface area contributed by atoms with Gasteiger partial charge in [-0.1, -0.05) is 29.8 Å². The molecule has 0 unspecified atom stereocenters. The van der Waals surface area contributed by atoms with Crippen LogP contribution < -0.4 is 0 Å². The van der Waals surface area contributed by atoms with E-state index < -0.39 is 0 Å². The molecule has 1 rings (SSSR count). The van der Waals surface area contributed by atoms with Crippen molar-refractivity contribution in [3.05, 3.63) is 34.9 Å². The van der Waals surface area contributed by atoms with E-state index in [1.807, 2.05) is 31.2 Å². The number of alkyl halides is 1. The number of amides is 1. The number of ether oxygens (including phenoxy) is 1. The molecule has 0 aromatic heterocycles. The summed E-state index contributed by atoms with van der Waals surface area (Å²) >= 11 is 11.7. The number of carbonyl (C=O) groups excluding carboxylic acids is 1.